The van der Waals surface area contributed by atoms with E-state index in [9.17, 15) is 27.9 Å². The first-order valence-electron chi connectivity index (χ1n) is 16.3. The van der Waals surface area contributed by atoms with Crippen LogP contribution in [-0.2, 0) is 16.0 Å². The number of ether oxygens (including phenoxy) is 3. The molecule has 55 heavy (non-hydrogen) atoms. The lowest BCUT2D eigenvalue weighted by Crippen LogP contribution is -2.53. The topological polar surface area (TPSA) is 162 Å². The van der Waals surface area contributed by atoms with Crippen molar-refractivity contribution in [2.24, 2.45) is 0 Å². The quantitative estimate of drug-likeness (QED) is 0.134. The standard InChI is InChI=1S/C30H26F5N5O5.C6H7ClN2O/c1-15-10-24(44-2)39-27(37-15)19-6-5-16(18-4-3-7-36-26(18)19)11-22(29(42)43)38-28(41)25-20(31)12-17(13-21(25)32)40-8-9-45-14-23(40)30(33,34)35;1-4-3-5(10-2)9-6(7)8-4/h3-7,10,12-13,22-23H,8-9,11,14H2,1-2H3,(H,38,41)(H,42,43);3H,1-2H3/t22-,23+;/m0./s1. The molecular weight excluding hydrogens is 757 g/mol. The fraction of sp³-hybridized carbons (Fsp3) is 0.306. The third-order valence-corrected chi connectivity index (χ3v) is 8.44. The number of carboxylic acid groups (broad SMARTS) is 1. The van der Waals surface area contributed by atoms with Gasteiger partial charge in [0.25, 0.3) is 5.91 Å². The minimum atomic E-state index is -4.74. The van der Waals surface area contributed by atoms with Crippen LogP contribution in [0.4, 0.5) is 27.6 Å². The first kappa shape index (κ1) is 40.4. The van der Waals surface area contributed by atoms with Gasteiger partial charge in [0.15, 0.2) is 5.82 Å². The number of nitrogens with zero attached hydrogens (tertiary/aromatic N) is 6. The summed E-state index contributed by atoms with van der Waals surface area (Å²) in [5.74, 6) is -4.64. The average molecular weight is 790 g/mol. The maximum Gasteiger partial charge on any atom is 0.411 e. The first-order valence-corrected chi connectivity index (χ1v) is 16.7. The molecule has 19 heteroatoms. The molecule has 1 aliphatic heterocycles. The number of rotatable bonds is 9. The van der Waals surface area contributed by atoms with E-state index in [4.69, 9.17) is 25.8 Å². The molecule has 1 amide bonds. The van der Waals surface area contributed by atoms with E-state index in [-0.39, 0.29) is 24.9 Å². The van der Waals surface area contributed by atoms with Gasteiger partial charge in [0.1, 0.15) is 29.3 Å². The van der Waals surface area contributed by atoms with Gasteiger partial charge < -0.3 is 29.5 Å². The normalized spacial score (nSPS) is 14.8. The Morgan fingerprint density at radius 3 is 2.27 bits per heavy atom. The average Bonchev–Trinajstić information content (AvgIpc) is 3.13. The van der Waals surface area contributed by atoms with Gasteiger partial charge in [-0.1, -0.05) is 12.1 Å². The van der Waals surface area contributed by atoms with Crippen molar-refractivity contribution in [1.29, 1.82) is 0 Å². The molecule has 0 aliphatic carbocycles. The van der Waals surface area contributed by atoms with Crippen LogP contribution < -0.4 is 19.7 Å². The number of hydrogen-bond acceptors (Lipinski definition) is 11. The summed E-state index contributed by atoms with van der Waals surface area (Å²) in [5, 5.41) is 12.8. The van der Waals surface area contributed by atoms with E-state index < -0.39 is 59.6 Å². The highest BCUT2D eigenvalue weighted by Crippen LogP contribution is 2.33. The number of carboxylic acids is 1. The van der Waals surface area contributed by atoms with Crippen molar-refractivity contribution >= 4 is 40.1 Å². The highest BCUT2D eigenvalue weighted by molar-refractivity contribution is 6.28. The van der Waals surface area contributed by atoms with Gasteiger partial charge in [-0.2, -0.15) is 23.1 Å². The summed E-state index contributed by atoms with van der Waals surface area (Å²) in [6.07, 6.45) is -3.51. The largest absolute Gasteiger partial charge is 0.481 e. The summed E-state index contributed by atoms with van der Waals surface area (Å²) >= 11 is 5.53. The molecule has 0 unspecified atom stereocenters. The number of anilines is 1. The molecule has 6 rings (SSSR count). The van der Waals surface area contributed by atoms with Crippen molar-refractivity contribution < 1.29 is 50.9 Å². The molecule has 0 saturated carbocycles. The van der Waals surface area contributed by atoms with Crippen molar-refractivity contribution in [3.05, 3.63) is 94.2 Å². The van der Waals surface area contributed by atoms with Crippen LogP contribution in [0.15, 0.2) is 54.7 Å². The van der Waals surface area contributed by atoms with Gasteiger partial charge in [-0.25, -0.2) is 23.5 Å². The Morgan fingerprint density at radius 2 is 1.65 bits per heavy atom. The summed E-state index contributed by atoms with van der Waals surface area (Å²) in [6.45, 7) is 2.47. The predicted molar refractivity (Wildman–Crippen MR) is 189 cm³/mol. The third kappa shape index (κ3) is 9.68. The molecule has 0 radical (unpaired) electrons. The molecule has 4 heterocycles. The van der Waals surface area contributed by atoms with Crippen LogP contribution in [0.2, 0.25) is 5.28 Å². The number of morpholine rings is 1. The monoisotopic (exact) mass is 789 g/mol. The van der Waals surface area contributed by atoms with Crippen molar-refractivity contribution in [3.63, 3.8) is 0 Å². The summed E-state index contributed by atoms with van der Waals surface area (Å²) in [4.78, 5) is 46.8. The summed E-state index contributed by atoms with van der Waals surface area (Å²) in [7, 11) is 3.00. The van der Waals surface area contributed by atoms with Gasteiger partial charge in [0.2, 0.25) is 17.0 Å². The maximum atomic E-state index is 15.1. The molecule has 5 aromatic rings. The highest BCUT2D eigenvalue weighted by atomic mass is 35.5. The predicted octanol–water partition coefficient (Wildman–Crippen LogP) is 5.93. The fourth-order valence-electron chi connectivity index (χ4n) is 5.74. The molecule has 3 aromatic heterocycles. The van der Waals surface area contributed by atoms with Crippen molar-refractivity contribution in [1.82, 2.24) is 30.2 Å². The second-order valence-electron chi connectivity index (χ2n) is 12.0. The van der Waals surface area contributed by atoms with Crippen LogP contribution in [0, 0.1) is 25.5 Å². The lowest BCUT2D eigenvalue weighted by Gasteiger charge is -2.38. The summed E-state index contributed by atoms with van der Waals surface area (Å²) < 4.78 is 85.6. The number of methoxy groups -OCH3 is 2. The van der Waals surface area contributed by atoms with Gasteiger partial charge in [-0.15, -0.1) is 0 Å². The van der Waals surface area contributed by atoms with Gasteiger partial charge >= 0.3 is 12.1 Å². The molecular formula is C36H33ClF5N7O6. The smallest absolute Gasteiger partial charge is 0.411 e. The molecule has 1 fully saturated rings. The molecule has 1 aliphatic rings. The number of benzene rings is 2. The molecule has 2 N–H and O–H groups in total. The van der Waals surface area contributed by atoms with Gasteiger partial charge in [0, 0.05) is 59.3 Å². The number of carbonyl (C=O) groups excluding carboxylic acids is 1. The zero-order chi connectivity index (χ0) is 40.0. The summed E-state index contributed by atoms with van der Waals surface area (Å²) in [6, 6.07) is 7.35. The number of nitrogens with one attached hydrogen (secondary N) is 1. The van der Waals surface area contributed by atoms with E-state index in [1.807, 2.05) is 6.92 Å². The van der Waals surface area contributed by atoms with Crippen molar-refractivity contribution in [2.75, 3.05) is 38.9 Å². The zero-order valence-corrected chi connectivity index (χ0v) is 30.4. The lowest BCUT2D eigenvalue weighted by atomic mass is 9.97. The van der Waals surface area contributed by atoms with Gasteiger partial charge in [-0.3, -0.25) is 9.78 Å². The molecule has 2 atom stereocenters. The number of hydrogen-bond donors (Lipinski definition) is 2. The number of aromatic nitrogens is 5. The van der Waals surface area contributed by atoms with Gasteiger partial charge in [0.05, 0.1) is 33.0 Å². The number of halogens is 6. The van der Waals surface area contributed by atoms with E-state index in [1.54, 1.807) is 43.3 Å². The van der Waals surface area contributed by atoms with Crippen molar-refractivity contribution in [3.8, 4) is 23.1 Å². The molecule has 0 spiro atoms. The Balaban J connectivity index is 0.000000504. The summed E-state index contributed by atoms with van der Waals surface area (Å²) in [5.41, 5.74) is 1.28. The number of amides is 1. The van der Waals surface area contributed by atoms with E-state index >= 15 is 8.78 Å². The number of aliphatic carboxylic acids is 1. The SMILES string of the molecule is COc1cc(C)nc(-c2ccc(C[C@H](NC(=O)c3c(F)cc(N4CCOC[C@@H]4C(F)(F)F)cc3F)C(=O)O)c3cccnc23)n1.COc1cc(C)nc(Cl)n1. The van der Waals surface area contributed by atoms with Crippen LogP contribution in [0.5, 0.6) is 11.8 Å². The van der Waals surface area contributed by atoms with Crippen LogP contribution in [-0.4, -0.2) is 94.1 Å². The van der Waals surface area contributed by atoms with Crippen LogP contribution in [0.25, 0.3) is 22.3 Å². The lowest BCUT2D eigenvalue weighted by molar-refractivity contribution is -0.167. The maximum absolute atomic E-state index is 15.1. The van der Waals surface area contributed by atoms with E-state index in [0.29, 0.717) is 57.4 Å². The first-order chi connectivity index (χ1) is 26.1. The van der Waals surface area contributed by atoms with Gasteiger partial charge in [-0.05, 0) is 55.3 Å². The Labute approximate surface area is 315 Å². The Morgan fingerprint density at radius 1 is 1.00 bits per heavy atom. The number of fused-ring (bicyclic) bond motifs is 1. The fourth-order valence-corrected chi connectivity index (χ4v) is 5.96. The van der Waals surface area contributed by atoms with Crippen molar-refractivity contribution in [2.45, 2.75) is 38.5 Å². The minimum Gasteiger partial charge on any atom is -0.481 e. The number of alkyl halides is 3. The molecule has 13 nitrogen and oxygen atoms in total. The Hall–Kier alpha value is -5.75. The molecule has 2 aromatic carbocycles. The molecule has 0 bridgehead atoms. The number of carbonyl (C=O) groups is 2. The number of aryl methyl sites for hydroxylation is 2. The van der Waals surface area contributed by atoms with E-state index in [1.165, 1.54) is 20.4 Å². The van der Waals surface area contributed by atoms with Crippen LogP contribution in [0.3, 0.4) is 0 Å². The minimum absolute atomic E-state index is 0.101. The molecule has 290 valence electrons. The molecule has 1 saturated heterocycles. The third-order valence-electron chi connectivity index (χ3n) is 8.27. The Kier molecular flexibility index (Phi) is 12.6. The Bertz CT molecular complexity index is 2170. The second-order valence-corrected chi connectivity index (χ2v) is 12.4. The van der Waals surface area contributed by atoms with E-state index in [2.05, 4.69) is 30.2 Å². The number of pyridine rings is 1. The van der Waals surface area contributed by atoms with E-state index in [0.717, 1.165) is 10.6 Å². The van der Waals surface area contributed by atoms with Crippen LogP contribution in [0.1, 0.15) is 27.3 Å². The van der Waals surface area contributed by atoms with Crippen LogP contribution >= 0.6 is 11.6 Å². The highest BCUT2D eigenvalue weighted by Gasteiger charge is 2.46. The zero-order valence-electron chi connectivity index (χ0n) is 29.6. The second kappa shape index (κ2) is 17.2.